The third kappa shape index (κ3) is 2.70. The molecule has 0 atom stereocenters. The summed E-state index contributed by atoms with van der Waals surface area (Å²) in [5, 5.41) is 12.0. The van der Waals surface area contributed by atoms with E-state index in [0.29, 0.717) is 12.0 Å². The smallest absolute Gasteiger partial charge is 0.251 e. The largest absolute Gasteiger partial charge is 0.396 e. The minimum atomic E-state index is -0.398. The number of carbonyl (C=O) groups excluding carboxylic acids is 1. The lowest BCUT2D eigenvalue weighted by atomic mass is 9.74. The van der Waals surface area contributed by atoms with Crippen molar-refractivity contribution in [3.8, 4) is 0 Å². The van der Waals surface area contributed by atoms with Gasteiger partial charge in [-0.1, -0.05) is 0 Å². The Labute approximate surface area is 106 Å². The molecule has 1 aromatic rings. The van der Waals surface area contributed by atoms with Crippen LogP contribution in [0.5, 0.6) is 0 Å². The van der Waals surface area contributed by atoms with Crippen molar-refractivity contribution in [1.29, 1.82) is 0 Å². The Kier molecular flexibility index (Phi) is 3.66. The highest BCUT2D eigenvalue weighted by molar-refractivity contribution is 5.95. The summed E-state index contributed by atoms with van der Waals surface area (Å²) >= 11 is 0. The molecule has 0 aromatic heterocycles. The zero-order chi connectivity index (χ0) is 13.2. The van der Waals surface area contributed by atoms with Gasteiger partial charge in [-0.2, -0.15) is 0 Å². The van der Waals surface area contributed by atoms with Crippen molar-refractivity contribution in [2.24, 2.45) is 0 Å². The fourth-order valence-electron chi connectivity index (χ4n) is 2.44. The molecule has 98 valence electrons. The molecule has 0 aliphatic heterocycles. The molecule has 0 unspecified atom stereocenters. The van der Waals surface area contributed by atoms with Gasteiger partial charge in [0.05, 0.1) is 0 Å². The molecule has 0 bridgehead atoms. The Bertz CT molecular complexity index is 435. The van der Waals surface area contributed by atoms with Crippen molar-refractivity contribution in [1.82, 2.24) is 5.32 Å². The predicted octanol–water partition coefficient (Wildman–Crippen LogP) is 2.17. The van der Waals surface area contributed by atoms with Gasteiger partial charge in [0.15, 0.2) is 0 Å². The summed E-state index contributed by atoms with van der Waals surface area (Å²) in [5.41, 5.74) is 0.785. The normalized spacial score (nSPS) is 17.1. The van der Waals surface area contributed by atoms with Gasteiger partial charge in [0, 0.05) is 17.7 Å². The molecule has 2 rings (SSSR count). The number of amides is 1. The van der Waals surface area contributed by atoms with Crippen LogP contribution in [0.2, 0.25) is 0 Å². The molecule has 1 saturated carbocycles. The number of nitrogens with one attached hydrogen (secondary N) is 1. The maximum Gasteiger partial charge on any atom is 0.251 e. The molecule has 3 nitrogen and oxygen atoms in total. The van der Waals surface area contributed by atoms with E-state index in [1.165, 1.54) is 12.1 Å². The van der Waals surface area contributed by atoms with E-state index in [2.05, 4.69) is 5.32 Å². The van der Waals surface area contributed by atoms with Crippen LogP contribution >= 0.6 is 0 Å². The third-order valence-corrected chi connectivity index (χ3v) is 3.58. The summed E-state index contributed by atoms with van der Waals surface area (Å²) in [4.78, 5) is 12.1. The number of benzene rings is 1. The van der Waals surface area contributed by atoms with Gasteiger partial charge >= 0.3 is 0 Å². The van der Waals surface area contributed by atoms with Crippen LogP contribution in [0.1, 0.15) is 41.6 Å². The number of aliphatic hydroxyl groups excluding tert-OH is 1. The standard InChI is InChI=1S/C14H18FNO2/c1-10-7-11(9-12(15)8-10)13(18)16-14(5-6-17)3-2-4-14/h7-9,17H,2-6H2,1H3,(H,16,18). The van der Waals surface area contributed by atoms with Gasteiger partial charge in [0.25, 0.3) is 5.91 Å². The molecule has 1 amide bonds. The lowest BCUT2D eigenvalue weighted by molar-refractivity contribution is 0.0771. The first kappa shape index (κ1) is 13.0. The lowest BCUT2D eigenvalue weighted by Gasteiger charge is -2.42. The average Bonchev–Trinajstić information content (AvgIpc) is 2.24. The second-order valence-corrected chi connectivity index (χ2v) is 5.08. The van der Waals surface area contributed by atoms with Crippen LogP contribution in [-0.4, -0.2) is 23.2 Å². The van der Waals surface area contributed by atoms with Gasteiger partial charge in [-0.25, -0.2) is 4.39 Å². The predicted molar refractivity (Wildman–Crippen MR) is 66.9 cm³/mol. The molecular weight excluding hydrogens is 233 g/mol. The van der Waals surface area contributed by atoms with Crippen LogP contribution in [-0.2, 0) is 0 Å². The van der Waals surface area contributed by atoms with Crippen molar-refractivity contribution < 1.29 is 14.3 Å². The highest BCUT2D eigenvalue weighted by atomic mass is 19.1. The average molecular weight is 251 g/mol. The summed E-state index contributed by atoms with van der Waals surface area (Å²) in [6.45, 7) is 1.81. The molecule has 0 saturated heterocycles. The number of aryl methyl sites for hydroxylation is 1. The number of hydrogen-bond acceptors (Lipinski definition) is 2. The molecule has 1 aliphatic rings. The molecule has 1 aromatic carbocycles. The van der Waals surface area contributed by atoms with Crippen molar-refractivity contribution in [2.75, 3.05) is 6.61 Å². The maximum absolute atomic E-state index is 13.2. The van der Waals surface area contributed by atoms with Gasteiger partial charge in [0.2, 0.25) is 0 Å². The Hall–Kier alpha value is -1.42. The number of aliphatic hydroxyl groups is 1. The van der Waals surface area contributed by atoms with Crippen LogP contribution in [0.25, 0.3) is 0 Å². The minimum absolute atomic E-state index is 0.0580. The monoisotopic (exact) mass is 251 g/mol. The summed E-state index contributed by atoms with van der Waals surface area (Å²) in [6.07, 6.45) is 3.39. The summed E-state index contributed by atoms with van der Waals surface area (Å²) in [5.74, 6) is -0.657. The second-order valence-electron chi connectivity index (χ2n) is 5.08. The quantitative estimate of drug-likeness (QED) is 0.861. The fourth-order valence-corrected chi connectivity index (χ4v) is 2.44. The first-order valence-electron chi connectivity index (χ1n) is 6.25. The molecule has 0 spiro atoms. The zero-order valence-corrected chi connectivity index (χ0v) is 10.5. The molecule has 1 aliphatic carbocycles. The van der Waals surface area contributed by atoms with E-state index in [1.807, 2.05) is 0 Å². The number of hydrogen-bond donors (Lipinski definition) is 2. The molecule has 2 N–H and O–H groups in total. The van der Waals surface area contributed by atoms with Crippen molar-refractivity contribution in [2.45, 2.75) is 38.1 Å². The molecule has 4 heteroatoms. The Morgan fingerprint density at radius 3 is 2.67 bits per heavy atom. The lowest BCUT2D eigenvalue weighted by Crippen LogP contribution is -2.54. The van der Waals surface area contributed by atoms with Crippen LogP contribution in [0.3, 0.4) is 0 Å². The van der Waals surface area contributed by atoms with Crippen LogP contribution in [0, 0.1) is 12.7 Å². The molecule has 0 heterocycles. The van der Waals surface area contributed by atoms with Crippen molar-refractivity contribution in [3.63, 3.8) is 0 Å². The highest BCUT2D eigenvalue weighted by Gasteiger charge is 2.37. The summed E-state index contributed by atoms with van der Waals surface area (Å²) in [7, 11) is 0. The van der Waals surface area contributed by atoms with E-state index < -0.39 is 5.82 Å². The number of halogens is 1. The van der Waals surface area contributed by atoms with E-state index in [1.54, 1.807) is 13.0 Å². The highest BCUT2D eigenvalue weighted by Crippen LogP contribution is 2.34. The van der Waals surface area contributed by atoms with Crippen LogP contribution in [0.15, 0.2) is 18.2 Å². The number of carbonyl (C=O) groups is 1. The second kappa shape index (κ2) is 5.06. The maximum atomic E-state index is 13.2. The SMILES string of the molecule is Cc1cc(F)cc(C(=O)NC2(CCO)CCC2)c1. The van der Waals surface area contributed by atoms with Gasteiger partial charge < -0.3 is 10.4 Å². The van der Waals surface area contributed by atoms with Crippen LogP contribution in [0.4, 0.5) is 4.39 Å². The van der Waals surface area contributed by atoms with E-state index >= 15 is 0 Å². The fraction of sp³-hybridized carbons (Fsp3) is 0.500. The molecular formula is C14H18FNO2. The molecule has 1 fully saturated rings. The molecule has 18 heavy (non-hydrogen) atoms. The van der Waals surface area contributed by atoms with Crippen molar-refractivity contribution >= 4 is 5.91 Å². The Morgan fingerprint density at radius 2 is 2.17 bits per heavy atom. The summed E-state index contributed by atoms with van der Waals surface area (Å²) in [6, 6.07) is 4.31. The van der Waals surface area contributed by atoms with Gasteiger partial charge in [-0.05, 0) is 56.4 Å². The van der Waals surface area contributed by atoms with E-state index in [0.717, 1.165) is 24.8 Å². The third-order valence-electron chi connectivity index (χ3n) is 3.58. The summed E-state index contributed by atoms with van der Waals surface area (Å²) < 4.78 is 13.2. The van der Waals surface area contributed by atoms with Gasteiger partial charge in [0.1, 0.15) is 5.82 Å². The van der Waals surface area contributed by atoms with E-state index in [4.69, 9.17) is 5.11 Å². The van der Waals surface area contributed by atoms with Gasteiger partial charge in [-0.3, -0.25) is 4.79 Å². The van der Waals surface area contributed by atoms with E-state index in [9.17, 15) is 9.18 Å². The van der Waals surface area contributed by atoms with Crippen LogP contribution < -0.4 is 5.32 Å². The van der Waals surface area contributed by atoms with E-state index in [-0.39, 0.29) is 18.1 Å². The topological polar surface area (TPSA) is 49.3 Å². The minimum Gasteiger partial charge on any atom is -0.396 e. The molecule has 0 radical (unpaired) electrons. The van der Waals surface area contributed by atoms with Crippen molar-refractivity contribution in [3.05, 3.63) is 35.1 Å². The van der Waals surface area contributed by atoms with Gasteiger partial charge in [-0.15, -0.1) is 0 Å². The first-order valence-corrected chi connectivity index (χ1v) is 6.25. The number of rotatable bonds is 4. The Balaban J connectivity index is 2.11. The Morgan fingerprint density at radius 1 is 1.44 bits per heavy atom. The zero-order valence-electron chi connectivity index (χ0n) is 10.5. The first-order chi connectivity index (χ1) is 8.54.